The number of quaternary nitrogens is 1. The van der Waals surface area contributed by atoms with Crippen LogP contribution in [0.1, 0.15) is 17.4 Å². The molecule has 1 fully saturated rings. The van der Waals surface area contributed by atoms with E-state index >= 15 is 0 Å². The van der Waals surface area contributed by atoms with Crippen molar-refractivity contribution in [3.63, 3.8) is 0 Å². The summed E-state index contributed by atoms with van der Waals surface area (Å²) in [4.78, 5) is 14.5. The normalized spacial score (nSPS) is 16.9. The van der Waals surface area contributed by atoms with Gasteiger partial charge in [0.1, 0.15) is 0 Å². The van der Waals surface area contributed by atoms with Gasteiger partial charge >= 0.3 is 0 Å². The summed E-state index contributed by atoms with van der Waals surface area (Å²) in [7, 11) is -3.48. The zero-order valence-corrected chi connectivity index (χ0v) is 17.6. The van der Waals surface area contributed by atoms with Crippen molar-refractivity contribution in [3.8, 4) is 0 Å². The predicted octanol–water partition coefficient (Wildman–Crippen LogP) is 0.486. The minimum atomic E-state index is -3.48. The van der Waals surface area contributed by atoms with Gasteiger partial charge in [-0.05, 0) is 37.4 Å². The second-order valence-corrected chi connectivity index (χ2v) is 9.74. The van der Waals surface area contributed by atoms with Crippen molar-refractivity contribution in [2.24, 2.45) is 5.10 Å². The number of amides is 1. The van der Waals surface area contributed by atoms with Crippen LogP contribution in [0.25, 0.3) is 0 Å². The van der Waals surface area contributed by atoms with E-state index in [0.717, 1.165) is 21.1 Å². The number of thiophene rings is 1. The van der Waals surface area contributed by atoms with Gasteiger partial charge in [-0.15, -0.1) is 11.3 Å². The zero-order chi connectivity index (χ0) is 20.1. The Hall–Kier alpha value is -2.07. The summed E-state index contributed by atoms with van der Waals surface area (Å²) in [6.45, 7) is 6.04. The third-order valence-corrected chi connectivity index (χ3v) is 7.62. The first-order valence-electron chi connectivity index (χ1n) is 9.13. The van der Waals surface area contributed by atoms with Gasteiger partial charge in [0.05, 0.1) is 36.8 Å². The van der Waals surface area contributed by atoms with E-state index in [1.54, 1.807) is 35.6 Å². The van der Waals surface area contributed by atoms with E-state index in [9.17, 15) is 13.2 Å². The molecule has 2 heterocycles. The van der Waals surface area contributed by atoms with Crippen LogP contribution in [0.2, 0.25) is 0 Å². The molecule has 2 N–H and O–H groups in total. The number of hydrogen-bond donors (Lipinski definition) is 2. The molecule has 0 spiro atoms. The lowest BCUT2D eigenvalue weighted by atomic mass is 10.2. The number of carbonyl (C=O) groups excluding carboxylic acids is 1. The Kier molecular flexibility index (Phi) is 6.61. The molecule has 2 aromatic rings. The second-order valence-electron chi connectivity index (χ2n) is 6.85. The van der Waals surface area contributed by atoms with Crippen molar-refractivity contribution in [1.29, 1.82) is 0 Å². The average molecular weight is 422 g/mol. The molecule has 0 atom stereocenters. The Balaban J connectivity index is 1.50. The Labute approximate surface area is 169 Å². The summed E-state index contributed by atoms with van der Waals surface area (Å²) in [6, 6.07) is 10.8. The molecule has 7 nitrogen and oxygen atoms in total. The molecule has 1 saturated heterocycles. The fourth-order valence-corrected chi connectivity index (χ4v) is 5.15. The molecule has 28 heavy (non-hydrogen) atoms. The molecule has 1 aromatic heterocycles. The predicted molar refractivity (Wildman–Crippen MR) is 110 cm³/mol. The molecule has 0 radical (unpaired) electrons. The van der Waals surface area contributed by atoms with Crippen LogP contribution in [-0.4, -0.2) is 57.1 Å². The number of aryl methyl sites for hydroxylation is 1. The van der Waals surface area contributed by atoms with Crippen LogP contribution in [0, 0.1) is 6.92 Å². The van der Waals surface area contributed by atoms with E-state index < -0.39 is 10.0 Å². The maximum absolute atomic E-state index is 12.7. The Morgan fingerprint density at radius 1 is 1.21 bits per heavy atom. The summed E-state index contributed by atoms with van der Waals surface area (Å²) in [6.07, 6.45) is 0. The highest BCUT2D eigenvalue weighted by molar-refractivity contribution is 7.89. The van der Waals surface area contributed by atoms with Gasteiger partial charge in [0.2, 0.25) is 10.0 Å². The molecular formula is C19H25N4O3S2+. The minimum Gasteiger partial charge on any atom is -0.325 e. The van der Waals surface area contributed by atoms with Crippen LogP contribution in [0.5, 0.6) is 0 Å². The van der Waals surface area contributed by atoms with E-state index in [1.807, 2.05) is 31.4 Å². The molecule has 0 saturated carbocycles. The lowest BCUT2D eigenvalue weighted by Gasteiger charge is -2.31. The van der Waals surface area contributed by atoms with Crippen molar-refractivity contribution in [2.45, 2.75) is 18.7 Å². The quantitative estimate of drug-likeness (QED) is 0.526. The van der Waals surface area contributed by atoms with Gasteiger partial charge in [0.25, 0.3) is 5.91 Å². The Bertz CT molecular complexity index is 930. The van der Waals surface area contributed by atoms with Crippen molar-refractivity contribution >= 4 is 33.0 Å². The minimum absolute atomic E-state index is 0.166. The largest absolute Gasteiger partial charge is 0.325 e. The molecule has 0 aliphatic carbocycles. The molecule has 3 rings (SSSR count). The van der Waals surface area contributed by atoms with Crippen LogP contribution in [0.3, 0.4) is 0 Å². The van der Waals surface area contributed by atoms with Crippen molar-refractivity contribution < 1.29 is 18.1 Å². The summed E-state index contributed by atoms with van der Waals surface area (Å²) in [5.41, 5.74) is 4.39. The highest BCUT2D eigenvalue weighted by Crippen LogP contribution is 2.16. The van der Waals surface area contributed by atoms with Gasteiger partial charge in [-0.3, -0.25) is 4.79 Å². The van der Waals surface area contributed by atoms with E-state index in [2.05, 4.69) is 10.5 Å². The molecule has 0 bridgehead atoms. The smallest absolute Gasteiger partial charge is 0.295 e. The monoisotopic (exact) mass is 421 g/mol. The van der Waals surface area contributed by atoms with Gasteiger partial charge in [-0.2, -0.15) is 9.41 Å². The number of hydrogen-bond acceptors (Lipinski definition) is 5. The number of hydrazone groups is 1. The number of benzene rings is 1. The fourth-order valence-electron chi connectivity index (χ4n) is 3.03. The second kappa shape index (κ2) is 8.95. The zero-order valence-electron chi connectivity index (χ0n) is 16.0. The number of nitrogens with one attached hydrogen (secondary N) is 2. The molecule has 150 valence electrons. The average Bonchev–Trinajstić information content (AvgIpc) is 3.22. The number of rotatable bonds is 6. The SMILES string of the molecule is C/C(=N\NC(=O)C[NH+]1CCN(S(=O)(=O)c2ccc(C)cc2)CC1)c1cccs1. The molecule has 0 unspecified atom stereocenters. The van der Waals surface area contributed by atoms with Gasteiger partial charge in [-0.1, -0.05) is 23.8 Å². The van der Waals surface area contributed by atoms with Gasteiger partial charge in [0.15, 0.2) is 6.54 Å². The third kappa shape index (κ3) is 5.05. The summed E-state index contributed by atoms with van der Waals surface area (Å²) in [5, 5.41) is 6.10. The summed E-state index contributed by atoms with van der Waals surface area (Å²) < 4.78 is 27.0. The van der Waals surface area contributed by atoms with Crippen molar-refractivity contribution in [3.05, 3.63) is 52.2 Å². The molecule has 9 heteroatoms. The number of sulfonamides is 1. The Morgan fingerprint density at radius 2 is 1.89 bits per heavy atom. The first-order chi connectivity index (χ1) is 13.4. The lowest BCUT2D eigenvalue weighted by molar-refractivity contribution is -0.895. The Morgan fingerprint density at radius 3 is 2.50 bits per heavy atom. The van der Waals surface area contributed by atoms with Crippen LogP contribution in [-0.2, 0) is 14.8 Å². The molecule has 1 aromatic carbocycles. The standard InChI is InChI=1S/C19H24N4O3S2/c1-15-5-7-17(8-6-15)28(25,26)23-11-9-22(10-12-23)14-19(24)21-20-16(2)18-4-3-13-27-18/h3-8,13H,9-12,14H2,1-2H3,(H,21,24)/p+1/b20-16+. The molecule has 1 amide bonds. The van der Waals surface area contributed by atoms with Crippen LogP contribution < -0.4 is 10.3 Å². The molecule has 1 aliphatic rings. The first kappa shape index (κ1) is 20.7. The lowest BCUT2D eigenvalue weighted by Crippen LogP contribution is -3.15. The molecule has 1 aliphatic heterocycles. The van der Waals surface area contributed by atoms with Gasteiger partial charge < -0.3 is 4.90 Å². The highest BCUT2D eigenvalue weighted by Gasteiger charge is 2.31. The van der Waals surface area contributed by atoms with E-state index in [4.69, 9.17) is 0 Å². The van der Waals surface area contributed by atoms with Crippen molar-refractivity contribution in [2.75, 3.05) is 32.7 Å². The topological polar surface area (TPSA) is 83.3 Å². The fraction of sp³-hybridized carbons (Fsp3) is 0.368. The molecular weight excluding hydrogens is 396 g/mol. The highest BCUT2D eigenvalue weighted by atomic mass is 32.2. The van der Waals surface area contributed by atoms with Crippen LogP contribution in [0.15, 0.2) is 51.8 Å². The third-order valence-electron chi connectivity index (χ3n) is 4.72. The number of nitrogens with zero attached hydrogens (tertiary/aromatic N) is 2. The number of carbonyl (C=O) groups is 1. The first-order valence-corrected chi connectivity index (χ1v) is 11.5. The maximum atomic E-state index is 12.7. The van der Waals surface area contributed by atoms with E-state index in [0.29, 0.717) is 31.1 Å². The number of piperazine rings is 1. The van der Waals surface area contributed by atoms with E-state index in [-0.39, 0.29) is 12.5 Å². The summed E-state index contributed by atoms with van der Waals surface area (Å²) in [5.74, 6) is -0.166. The van der Waals surface area contributed by atoms with Gasteiger partial charge in [-0.25, -0.2) is 13.8 Å². The maximum Gasteiger partial charge on any atom is 0.295 e. The van der Waals surface area contributed by atoms with Gasteiger partial charge in [0, 0.05) is 4.88 Å². The van der Waals surface area contributed by atoms with Crippen LogP contribution in [0.4, 0.5) is 0 Å². The van der Waals surface area contributed by atoms with Crippen LogP contribution >= 0.6 is 11.3 Å². The van der Waals surface area contributed by atoms with E-state index in [1.165, 1.54) is 4.31 Å². The van der Waals surface area contributed by atoms with Crippen molar-refractivity contribution in [1.82, 2.24) is 9.73 Å². The summed E-state index contributed by atoms with van der Waals surface area (Å²) >= 11 is 1.57.